The van der Waals surface area contributed by atoms with Gasteiger partial charge in [0.2, 0.25) is 0 Å². The second-order valence-electron chi connectivity index (χ2n) is 7.53. The largest absolute Gasteiger partial charge is 0.349 e. The molecule has 2 aromatic rings. The first-order chi connectivity index (χ1) is 12.6. The van der Waals surface area contributed by atoms with Crippen molar-refractivity contribution in [3.05, 3.63) is 71.8 Å². The summed E-state index contributed by atoms with van der Waals surface area (Å²) >= 11 is 0. The van der Waals surface area contributed by atoms with Gasteiger partial charge in [0.05, 0.1) is 0 Å². The van der Waals surface area contributed by atoms with Gasteiger partial charge in [-0.1, -0.05) is 60.7 Å². The number of fused-ring (bicyclic) bond motifs is 1. The molecule has 26 heavy (non-hydrogen) atoms. The predicted octanol–water partition coefficient (Wildman–Crippen LogP) is 3.82. The summed E-state index contributed by atoms with van der Waals surface area (Å²) in [6, 6.07) is 21.5. The predicted molar refractivity (Wildman–Crippen MR) is 103 cm³/mol. The Morgan fingerprint density at radius 2 is 0.962 bits per heavy atom. The molecule has 2 aliphatic rings. The van der Waals surface area contributed by atoms with Gasteiger partial charge in [-0.3, -0.25) is 9.80 Å². The number of likely N-dealkylation sites (N-methyl/N-ethyl adjacent to an activating group) is 2. The summed E-state index contributed by atoms with van der Waals surface area (Å²) in [5.74, 6) is 0. The van der Waals surface area contributed by atoms with Crippen molar-refractivity contribution in [2.24, 2.45) is 0 Å². The van der Waals surface area contributed by atoms with Crippen molar-refractivity contribution in [1.82, 2.24) is 9.80 Å². The maximum Gasteiger partial charge on any atom is 0.151 e. The average molecular weight is 352 g/mol. The standard InChI is InChI=1S/C22H28N2O2/c1-15-19(17-11-7-5-8-12-17)25-22-21(23(15)3)26-20(16(2)24(22)4)18-13-9-6-10-14-18/h5-16,19-22H,1-4H3/t15-,16-,19+,20+,21-,22-/m0/s1. The lowest BCUT2D eigenvalue weighted by Gasteiger charge is -2.55. The highest BCUT2D eigenvalue weighted by Crippen LogP contribution is 2.41. The fourth-order valence-corrected chi connectivity index (χ4v) is 4.15. The molecule has 0 radical (unpaired) electrons. The van der Waals surface area contributed by atoms with E-state index < -0.39 is 0 Å². The lowest BCUT2D eigenvalue weighted by Crippen LogP contribution is -2.66. The Morgan fingerprint density at radius 1 is 0.615 bits per heavy atom. The maximum atomic E-state index is 6.59. The molecule has 2 fully saturated rings. The van der Waals surface area contributed by atoms with Crippen molar-refractivity contribution >= 4 is 0 Å². The molecule has 2 saturated heterocycles. The number of benzene rings is 2. The highest BCUT2D eigenvalue weighted by molar-refractivity contribution is 5.22. The fourth-order valence-electron chi connectivity index (χ4n) is 4.15. The molecule has 4 heteroatoms. The molecule has 4 nitrogen and oxygen atoms in total. The minimum Gasteiger partial charge on any atom is -0.349 e. The van der Waals surface area contributed by atoms with E-state index in [1.807, 2.05) is 12.1 Å². The van der Waals surface area contributed by atoms with E-state index in [2.05, 4.69) is 86.3 Å². The highest BCUT2D eigenvalue weighted by atomic mass is 16.6. The number of hydrogen-bond acceptors (Lipinski definition) is 4. The van der Waals surface area contributed by atoms with E-state index in [0.29, 0.717) is 0 Å². The van der Waals surface area contributed by atoms with Crippen LogP contribution in [0.1, 0.15) is 37.2 Å². The lowest BCUT2D eigenvalue weighted by molar-refractivity contribution is -0.317. The molecule has 2 aliphatic heterocycles. The van der Waals surface area contributed by atoms with Crippen molar-refractivity contribution in [3.63, 3.8) is 0 Å². The van der Waals surface area contributed by atoms with Gasteiger partial charge in [-0.2, -0.15) is 0 Å². The van der Waals surface area contributed by atoms with Gasteiger partial charge in [-0.05, 0) is 39.1 Å². The quantitative estimate of drug-likeness (QED) is 0.820. The summed E-state index contributed by atoms with van der Waals surface area (Å²) in [7, 11) is 4.29. The van der Waals surface area contributed by atoms with Gasteiger partial charge in [0, 0.05) is 12.1 Å². The molecule has 0 aliphatic carbocycles. The molecule has 0 spiro atoms. The first kappa shape index (κ1) is 17.7. The van der Waals surface area contributed by atoms with Crippen molar-refractivity contribution in [2.75, 3.05) is 14.1 Å². The second kappa shape index (κ2) is 7.12. The normalized spacial score (nSPS) is 35.8. The Labute approximate surface area is 156 Å². The molecule has 138 valence electrons. The molecule has 0 saturated carbocycles. The Bertz CT molecular complexity index is 660. The van der Waals surface area contributed by atoms with Gasteiger partial charge in [0.1, 0.15) is 12.2 Å². The Kier molecular flexibility index (Phi) is 4.84. The summed E-state index contributed by atoms with van der Waals surface area (Å²) in [4.78, 5) is 4.65. The van der Waals surface area contributed by atoms with Gasteiger partial charge in [0.25, 0.3) is 0 Å². The average Bonchev–Trinajstić information content (AvgIpc) is 2.69. The van der Waals surface area contributed by atoms with E-state index >= 15 is 0 Å². The summed E-state index contributed by atoms with van der Waals surface area (Å²) in [5, 5.41) is 0. The zero-order chi connectivity index (χ0) is 18.3. The van der Waals surface area contributed by atoms with Crippen LogP contribution in [0.5, 0.6) is 0 Å². The van der Waals surface area contributed by atoms with Crippen LogP contribution >= 0.6 is 0 Å². The number of rotatable bonds is 2. The lowest BCUT2D eigenvalue weighted by atomic mass is 9.96. The third-order valence-corrected chi connectivity index (χ3v) is 6.04. The first-order valence-corrected chi connectivity index (χ1v) is 9.42. The maximum absolute atomic E-state index is 6.59. The number of nitrogens with zero attached hydrogens (tertiary/aromatic N) is 2. The third-order valence-electron chi connectivity index (χ3n) is 6.04. The van der Waals surface area contributed by atoms with Gasteiger partial charge in [-0.25, -0.2) is 0 Å². The molecular weight excluding hydrogens is 324 g/mol. The van der Waals surface area contributed by atoms with Crippen molar-refractivity contribution in [1.29, 1.82) is 0 Å². The third kappa shape index (κ3) is 2.97. The smallest absolute Gasteiger partial charge is 0.151 e. The van der Waals surface area contributed by atoms with Crippen LogP contribution in [-0.2, 0) is 9.47 Å². The van der Waals surface area contributed by atoms with E-state index in [0.717, 1.165) is 0 Å². The van der Waals surface area contributed by atoms with Crippen LogP contribution in [0.4, 0.5) is 0 Å². The van der Waals surface area contributed by atoms with Gasteiger partial charge in [-0.15, -0.1) is 0 Å². The molecule has 6 atom stereocenters. The molecule has 0 aromatic heterocycles. The van der Waals surface area contributed by atoms with Crippen LogP contribution in [0.15, 0.2) is 60.7 Å². The van der Waals surface area contributed by atoms with Gasteiger partial charge >= 0.3 is 0 Å². The monoisotopic (exact) mass is 352 g/mol. The van der Waals surface area contributed by atoms with E-state index in [1.165, 1.54) is 11.1 Å². The highest BCUT2D eigenvalue weighted by Gasteiger charge is 2.49. The van der Waals surface area contributed by atoms with Crippen molar-refractivity contribution in [2.45, 2.75) is 50.6 Å². The summed E-state index contributed by atoms with van der Waals surface area (Å²) in [5.41, 5.74) is 2.44. The number of morpholine rings is 2. The summed E-state index contributed by atoms with van der Waals surface area (Å²) in [6.07, 6.45) is -0.101. The topological polar surface area (TPSA) is 24.9 Å². The SMILES string of the molecule is C[C@H]1[C@H](c2ccccc2)O[C@H]2[C@H](O[C@@H](c3ccccc3)[C@H](C)N2C)N1C. The molecule has 2 heterocycles. The van der Waals surface area contributed by atoms with Gasteiger partial charge < -0.3 is 9.47 Å². The Morgan fingerprint density at radius 3 is 1.31 bits per heavy atom. The van der Waals surface area contributed by atoms with Crippen LogP contribution in [0.2, 0.25) is 0 Å². The molecule has 4 rings (SSSR count). The second-order valence-corrected chi connectivity index (χ2v) is 7.53. The molecule has 2 aromatic carbocycles. The summed E-state index contributed by atoms with van der Waals surface area (Å²) < 4.78 is 13.2. The van der Waals surface area contributed by atoms with Crippen LogP contribution in [-0.4, -0.2) is 48.4 Å². The van der Waals surface area contributed by atoms with Crippen LogP contribution in [0.3, 0.4) is 0 Å². The Balaban J connectivity index is 1.62. The van der Waals surface area contributed by atoms with Crippen molar-refractivity contribution < 1.29 is 9.47 Å². The molecule has 0 bridgehead atoms. The summed E-state index contributed by atoms with van der Waals surface area (Å²) in [6.45, 7) is 4.43. The minimum absolute atomic E-state index is 0.0361. The Hall–Kier alpha value is -1.72. The molecule has 0 amide bonds. The zero-order valence-corrected chi connectivity index (χ0v) is 15.9. The van der Waals surface area contributed by atoms with E-state index in [1.54, 1.807) is 0 Å². The molecule has 0 unspecified atom stereocenters. The minimum atomic E-state index is -0.0867. The fraction of sp³-hybridized carbons (Fsp3) is 0.455. The van der Waals surface area contributed by atoms with E-state index in [9.17, 15) is 0 Å². The van der Waals surface area contributed by atoms with E-state index in [4.69, 9.17) is 9.47 Å². The zero-order valence-electron chi connectivity index (χ0n) is 15.9. The van der Waals surface area contributed by atoms with Crippen LogP contribution in [0, 0.1) is 0 Å². The first-order valence-electron chi connectivity index (χ1n) is 9.42. The van der Waals surface area contributed by atoms with E-state index in [-0.39, 0.29) is 36.7 Å². The molecular formula is C22H28N2O2. The van der Waals surface area contributed by atoms with Crippen LogP contribution < -0.4 is 0 Å². The van der Waals surface area contributed by atoms with Crippen LogP contribution in [0.25, 0.3) is 0 Å². The van der Waals surface area contributed by atoms with Crippen molar-refractivity contribution in [3.8, 4) is 0 Å². The number of ether oxygens (including phenoxy) is 2. The van der Waals surface area contributed by atoms with Gasteiger partial charge in [0.15, 0.2) is 12.5 Å². The number of hydrogen-bond donors (Lipinski definition) is 0. The molecule has 0 N–H and O–H groups in total.